The third kappa shape index (κ3) is 27.0. The molecule has 28 heteroatoms. The molecule has 672 valence electrons. The number of methoxy groups -OCH3 is 1. The minimum atomic E-state index is -5.05. The van der Waals surface area contributed by atoms with E-state index in [4.69, 9.17) is 88.3 Å². The van der Waals surface area contributed by atoms with Gasteiger partial charge in [-0.3, -0.25) is 12.5 Å². The Bertz CT molecular complexity index is 5160. The minimum absolute atomic E-state index is 0.0193. The lowest BCUT2D eigenvalue weighted by Gasteiger charge is -2.58. The second-order valence-electron chi connectivity index (χ2n) is 30.8. The van der Waals surface area contributed by atoms with Gasteiger partial charge in [0.15, 0.2) is 0 Å². The molecule has 10 aromatic carbocycles. The maximum absolute atomic E-state index is 16.0. The van der Waals surface area contributed by atoms with Gasteiger partial charge in [0.1, 0.15) is 90.5 Å². The van der Waals surface area contributed by atoms with Gasteiger partial charge in [-0.15, -0.1) is 0 Å². The molecule has 10 aromatic rings. The van der Waals surface area contributed by atoms with E-state index in [1.54, 1.807) is 24.3 Å². The van der Waals surface area contributed by atoms with Crippen LogP contribution in [0.15, 0.2) is 303 Å². The molecule has 0 unspecified atom stereocenters. The van der Waals surface area contributed by atoms with Crippen molar-refractivity contribution in [3.8, 4) is 0 Å². The van der Waals surface area contributed by atoms with Crippen LogP contribution in [0.25, 0.3) is 0 Å². The van der Waals surface area contributed by atoms with E-state index >= 15 is 16.8 Å². The van der Waals surface area contributed by atoms with Gasteiger partial charge >= 0.3 is 0 Å². The molecule has 3 aliphatic heterocycles. The van der Waals surface area contributed by atoms with Crippen molar-refractivity contribution in [2.45, 2.75) is 177 Å². The summed E-state index contributed by atoms with van der Waals surface area (Å²) in [5, 5.41) is 0. The van der Waals surface area contributed by atoms with Crippen LogP contribution < -0.4 is 0 Å². The smallest absolute Gasteiger partial charge is 0.272 e. The van der Waals surface area contributed by atoms with Crippen LogP contribution in [-0.4, -0.2) is 180 Å². The number of ether oxygens (including phenoxy) is 16. The van der Waals surface area contributed by atoms with Gasteiger partial charge in [0, 0.05) is 7.11 Å². The first kappa shape index (κ1) is 94.9. The molecule has 0 aromatic heterocycles. The van der Waals surface area contributed by atoms with Crippen molar-refractivity contribution in [3.05, 3.63) is 359 Å². The summed E-state index contributed by atoms with van der Waals surface area (Å²) in [6.07, 6.45) is -19.7. The van der Waals surface area contributed by atoms with Crippen LogP contribution in [0.2, 0.25) is 0 Å². The van der Waals surface area contributed by atoms with Gasteiger partial charge in [-0.2, -0.15) is 25.3 Å². The van der Waals surface area contributed by atoms with Gasteiger partial charge in [0.2, 0.25) is 17.4 Å². The fraction of sp³-hybridized carbons (Fsp3) is 0.388. The summed E-state index contributed by atoms with van der Waals surface area (Å²) in [5.74, 6) is -11.4. The Morgan fingerprint density at radius 2 is 0.437 bits per heavy atom. The van der Waals surface area contributed by atoms with E-state index in [-0.39, 0.29) is 85.9 Å². The lowest BCUT2D eigenvalue weighted by Crippen LogP contribution is -2.76. The second kappa shape index (κ2) is 47.0. The highest BCUT2D eigenvalue weighted by Crippen LogP contribution is 2.49. The number of rotatable bonds is 50. The van der Waals surface area contributed by atoms with Crippen molar-refractivity contribution in [2.75, 3.05) is 64.0 Å². The van der Waals surface area contributed by atoms with E-state index in [9.17, 15) is 8.42 Å². The molecule has 126 heavy (non-hydrogen) atoms. The number of hydrogen-bond donors (Lipinski definition) is 0. The predicted octanol–water partition coefficient (Wildman–Crippen LogP) is 14.5. The number of benzene rings is 10. The highest BCUT2D eigenvalue weighted by Gasteiger charge is 2.69. The Hall–Kier alpha value is -8.71. The molecule has 0 aliphatic carbocycles. The average Bonchev–Trinajstić information content (AvgIpc) is 0.714. The van der Waals surface area contributed by atoms with Gasteiger partial charge in [-0.05, 0) is 76.4 Å². The summed E-state index contributed by atoms with van der Waals surface area (Å²) in [6, 6.07) is 92.6. The fourth-order valence-corrected chi connectivity index (χ4v) is 19.6. The van der Waals surface area contributed by atoms with E-state index in [1.165, 1.54) is 27.9 Å². The predicted molar refractivity (Wildman–Crippen MR) is 469 cm³/mol. The number of hydrogen-bond acceptors (Lipinski definition) is 25. The third-order valence-electron chi connectivity index (χ3n) is 21.5. The van der Waals surface area contributed by atoms with Gasteiger partial charge in [-0.25, -0.2) is 0 Å². The summed E-state index contributed by atoms with van der Waals surface area (Å²) < 4.78 is 229. The van der Waals surface area contributed by atoms with Crippen molar-refractivity contribution in [3.63, 3.8) is 0 Å². The van der Waals surface area contributed by atoms with Crippen LogP contribution in [0.1, 0.15) is 76.4 Å². The first-order chi connectivity index (χ1) is 61.4. The molecule has 13 rings (SSSR count). The molecular weight excluding hydrogens is 1670 g/mol. The SMILES string of the molecule is CCOS(=O)(=O)C[C@]1(OC)O[C@H](COCc2ccccc2)[C@@H](O[C@@]2(CS(=O)(=O)OCC)O[C@H](COCc3ccccc3)[C@@H](O[C@@]3(CS(=O)(=O)OCC)O[C@H](COCc4ccccc4)[C@@H](OCc4ccccc4)[C@H](OCc4ccccc4)[C@H]3OCc3ccccc3)[C@H](OCc3ccccc3)[C@H]2OCc2ccccc2)[C@H](OCc2ccccc2)[C@H]1OCc1ccccc1. The Morgan fingerprint density at radius 3 is 0.675 bits per heavy atom. The second-order valence-corrected chi connectivity index (χ2v) is 35.7. The Morgan fingerprint density at radius 1 is 0.246 bits per heavy atom. The first-order valence-corrected chi connectivity index (χ1v) is 47.1. The van der Waals surface area contributed by atoms with Crippen molar-refractivity contribution >= 4 is 30.4 Å². The van der Waals surface area contributed by atoms with E-state index in [0.29, 0.717) is 33.4 Å². The third-order valence-corrected chi connectivity index (χ3v) is 25.6. The molecule has 3 aliphatic rings. The summed E-state index contributed by atoms with van der Waals surface area (Å²) in [7, 11) is -13.4. The van der Waals surface area contributed by atoms with Crippen molar-refractivity contribution in [1.82, 2.24) is 0 Å². The van der Waals surface area contributed by atoms with Gasteiger partial charge < -0.3 is 75.8 Å². The van der Waals surface area contributed by atoms with Crippen molar-refractivity contribution in [1.29, 1.82) is 0 Å². The van der Waals surface area contributed by atoms with Crippen LogP contribution in [0, 0.1) is 0 Å². The minimum Gasteiger partial charge on any atom is -0.374 e. The molecule has 3 saturated heterocycles. The molecule has 0 radical (unpaired) electrons. The average molecular weight is 1790 g/mol. The quantitative estimate of drug-likeness (QED) is 0.0320. The van der Waals surface area contributed by atoms with Crippen LogP contribution in [0.4, 0.5) is 0 Å². The van der Waals surface area contributed by atoms with Gasteiger partial charge in [0.25, 0.3) is 30.4 Å². The zero-order chi connectivity index (χ0) is 87.9. The highest BCUT2D eigenvalue weighted by molar-refractivity contribution is 7.87. The standard InChI is InChI=1S/C98H112O25S3/c1-5-116-124(99,100)71-96(105-4)93(113-65-81-52-32-15-33-53-81)91(111-63-79-48-28-13-29-49-79)88(85(119-96)69-107-59-75-40-20-9-21-41-75)122-98(73-126(103,104)118-7-3)95(115-67-83-56-36-17-37-57-83)92(112-64-80-50-30-14-31-51-80)89(86(121-98)70-108-60-76-42-22-10-23-43-76)123-97(72-125(101,102)117-6-2)94(114-66-82-54-34-16-35-55-82)90(110-62-78-46-26-12-27-47-78)87(109-61-77-44-24-11-25-45-77)84(120-97)68-106-58-74-38-18-8-19-39-74/h8-57,84-95H,5-7,58-73H2,1-4H3/t84-,85-,86-,87-,88-,89-,90+,91+,92+,93-,94-,95-,96+,97-,98-/m1/s1. The Kier molecular flexibility index (Phi) is 35.4. The van der Waals surface area contributed by atoms with Gasteiger partial charge in [0.05, 0.1) is 106 Å². The van der Waals surface area contributed by atoms with E-state index in [0.717, 1.165) is 22.3 Å². The molecule has 0 bridgehead atoms. The molecule has 0 saturated carbocycles. The zero-order valence-corrected chi connectivity index (χ0v) is 73.6. The molecule has 0 spiro atoms. The molecule has 3 heterocycles. The summed E-state index contributed by atoms with van der Waals surface area (Å²) in [5.41, 5.74) is 6.77. The Balaban J connectivity index is 1.08. The summed E-state index contributed by atoms with van der Waals surface area (Å²) in [4.78, 5) is 0. The molecule has 15 atom stereocenters. The summed E-state index contributed by atoms with van der Waals surface area (Å²) >= 11 is 0. The first-order valence-electron chi connectivity index (χ1n) is 42.4. The van der Waals surface area contributed by atoms with E-state index < -0.39 is 158 Å². The van der Waals surface area contributed by atoms with E-state index in [1.807, 2.05) is 279 Å². The van der Waals surface area contributed by atoms with Crippen molar-refractivity contribution < 1.29 is 114 Å². The normalized spacial score (nSPS) is 24.7. The van der Waals surface area contributed by atoms with Crippen molar-refractivity contribution in [2.24, 2.45) is 0 Å². The monoisotopic (exact) mass is 1780 g/mol. The van der Waals surface area contributed by atoms with Crippen LogP contribution in [0.3, 0.4) is 0 Å². The highest BCUT2D eigenvalue weighted by atomic mass is 32.2. The van der Waals surface area contributed by atoms with Gasteiger partial charge in [-0.1, -0.05) is 303 Å². The largest absolute Gasteiger partial charge is 0.374 e. The van der Waals surface area contributed by atoms with Crippen LogP contribution >= 0.6 is 0 Å². The fourth-order valence-electron chi connectivity index (χ4n) is 15.8. The zero-order valence-electron chi connectivity index (χ0n) is 71.2. The molecule has 25 nitrogen and oxygen atoms in total. The lowest BCUT2D eigenvalue weighted by molar-refractivity contribution is -0.443. The van der Waals surface area contributed by atoms with E-state index in [2.05, 4.69) is 0 Å². The summed E-state index contributed by atoms with van der Waals surface area (Å²) in [6.45, 7) is 0.621. The Labute approximate surface area is 739 Å². The molecule has 0 amide bonds. The molecule has 3 fully saturated rings. The van der Waals surface area contributed by atoms with Crippen LogP contribution in [0.5, 0.6) is 0 Å². The maximum Gasteiger partial charge on any atom is 0.272 e. The lowest BCUT2D eigenvalue weighted by atomic mass is 9.88. The van der Waals surface area contributed by atoms with Crippen LogP contribution in [-0.2, 0) is 185 Å². The maximum atomic E-state index is 16.0. The molecule has 0 N–H and O–H groups in total. The molecular formula is C98H112O25S3. The topological polar surface area (TPSA) is 278 Å².